The number of hydrogen-bond acceptors (Lipinski definition) is 3. The van der Waals surface area contributed by atoms with Gasteiger partial charge in [-0.1, -0.05) is 91.0 Å². The van der Waals surface area contributed by atoms with Gasteiger partial charge in [0, 0.05) is 5.92 Å². The fraction of sp³-hybridized carbons (Fsp3) is 0.167. The Kier molecular flexibility index (Phi) is 7.14. The molecule has 0 aliphatic rings. The first-order valence-corrected chi connectivity index (χ1v) is 9.45. The summed E-state index contributed by atoms with van der Waals surface area (Å²) < 4.78 is 5.49. The highest BCUT2D eigenvalue weighted by Crippen LogP contribution is 2.28. The Hall–Kier alpha value is -3.44. The number of nitrogens with two attached hydrogens (primary N) is 1. The zero-order valence-electron chi connectivity index (χ0n) is 16.0. The first-order chi connectivity index (χ1) is 14.1. The zero-order chi connectivity index (χ0) is 20.5. The fourth-order valence-corrected chi connectivity index (χ4v) is 3.27. The molecule has 0 bridgehead atoms. The predicted molar refractivity (Wildman–Crippen MR) is 112 cm³/mol. The Labute approximate surface area is 170 Å². The van der Waals surface area contributed by atoms with Crippen molar-refractivity contribution in [2.75, 3.05) is 6.61 Å². The minimum atomic E-state index is -0.896. The highest BCUT2D eigenvalue weighted by atomic mass is 16.5. The molecule has 0 saturated heterocycles. The molecule has 29 heavy (non-hydrogen) atoms. The van der Waals surface area contributed by atoms with E-state index in [1.54, 1.807) is 0 Å². The number of carbonyl (C=O) groups excluding carboxylic acids is 2. The first-order valence-electron chi connectivity index (χ1n) is 9.45. The van der Waals surface area contributed by atoms with Gasteiger partial charge in [0.25, 0.3) is 0 Å². The van der Waals surface area contributed by atoms with Crippen molar-refractivity contribution in [1.29, 1.82) is 0 Å². The Balaban J connectivity index is 1.73. The van der Waals surface area contributed by atoms with Crippen molar-refractivity contribution in [1.82, 2.24) is 5.32 Å². The van der Waals surface area contributed by atoms with Crippen molar-refractivity contribution in [2.24, 2.45) is 5.73 Å². The number of hydrogen-bond donors (Lipinski definition) is 2. The van der Waals surface area contributed by atoms with Crippen molar-refractivity contribution in [3.63, 3.8) is 0 Å². The van der Waals surface area contributed by atoms with E-state index in [2.05, 4.69) is 5.32 Å². The van der Waals surface area contributed by atoms with Gasteiger partial charge in [-0.15, -0.1) is 0 Å². The summed E-state index contributed by atoms with van der Waals surface area (Å²) in [6.45, 7) is 0.158. The van der Waals surface area contributed by atoms with Crippen LogP contribution in [0.3, 0.4) is 0 Å². The van der Waals surface area contributed by atoms with Crippen molar-refractivity contribution < 1.29 is 14.3 Å². The van der Waals surface area contributed by atoms with Gasteiger partial charge < -0.3 is 15.8 Å². The van der Waals surface area contributed by atoms with Crippen LogP contribution in [-0.2, 0) is 20.9 Å². The highest BCUT2D eigenvalue weighted by molar-refractivity contribution is 5.88. The normalized spacial score (nSPS) is 11.8. The third kappa shape index (κ3) is 5.77. The second-order valence-electron chi connectivity index (χ2n) is 6.72. The second-order valence-corrected chi connectivity index (χ2v) is 6.72. The molecule has 2 amide bonds. The summed E-state index contributed by atoms with van der Waals surface area (Å²) in [6, 6.07) is 27.8. The van der Waals surface area contributed by atoms with Crippen LogP contribution in [-0.4, -0.2) is 24.5 Å². The minimum Gasteiger partial charge on any atom is -0.368 e. The highest BCUT2D eigenvalue weighted by Gasteiger charge is 2.30. The molecule has 5 nitrogen and oxygen atoms in total. The third-order valence-electron chi connectivity index (χ3n) is 4.62. The van der Waals surface area contributed by atoms with E-state index in [4.69, 9.17) is 10.5 Å². The van der Waals surface area contributed by atoms with Crippen LogP contribution in [0.5, 0.6) is 0 Å². The molecule has 1 atom stereocenters. The molecule has 0 fully saturated rings. The van der Waals surface area contributed by atoms with Crippen molar-refractivity contribution in [3.8, 4) is 0 Å². The molecule has 3 aromatic carbocycles. The molecule has 148 valence electrons. The number of rotatable bonds is 9. The number of nitrogens with one attached hydrogen (secondary N) is 1. The van der Waals surface area contributed by atoms with E-state index >= 15 is 0 Å². The lowest BCUT2D eigenvalue weighted by atomic mass is 9.84. The van der Waals surface area contributed by atoms with Gasteiger partial charge in [0.2, 0.25) is 11.8 Å². The molecular weight excluding hydrogens is 364 g/mol. The smallest absolute Gasteiger partial charge is 0.246 e. The van der Waals surface area contributed by atoms with Crippen molar-refractivity contribution in [2.45, 2.75) is 18.6 Å². The van der Waals surface area contributed by atoms with Gasteiger partial charge >= 0.3 is 0 Å². The van der Waals surface area contributed by atoms with Crippen LogP contribution in [0.15, 0.2) is 91.0 Å². The lowest BCUT2D eigenvalue weighted by Gasteiger charge is -2.26. The maximum Gasteiger partial charge on any atom is 0.246 e. The molecule has 0 radical (unpaired) electrons. The van der Waals surface area contributed by atoms with Gasteiger partial charge in [-0.3, -0.25) is 9.59 Å². The standard InChI is InChI=1S/C24H24N2O3/c25-24(28)23(26-21(27)17-29-16-18-10-4-1-5-11-18)22(19-12-6-2-7-13-19)20-14-8-3-9-15-20/h1-15,22-23H,16-17H2,(H2,25,28)(H,26,27)/t23-/m0/s1. The average molecular weight is 388 g/mol. The Morgan fingerprint density at radius 3 is 1.76 bits per heavy atom. The topological polar surface area (TPSA) is 81.4 Å². The molecule has 0 spiro atoms. The molecule has 0 aromatic heterocycles. The van der Waals surface area contributed by atoms with Crippen LogP contribution < -0.4 is 11.1 Å². The summed E-state index contributed by atoms with van der Waals surface area (Å²) in [5.41, 5.74) is 8.45. The van der Waals surface area contributed by atoms with Crippen LogP contribution in [0.25, 0.3) is 0 Å². The van der Waals surface area contributed by atoms with Crippen LogP contribution in [0.4, 0.5) is 0 Å². The molecule has 5 heteroatoms. The third-order valence-corrected chi connectivity index (χ3v) is 4.62. The number of amides is 2. The predicted octanol–water partition coefficient (Wildman–Crippen LogP) is 3.01. The maximum absolute atomic E-state index is 12.5. The molecule has 0 unspecified atom stereocenters. The molecule has 0 aliphatic heterocycles. The lowest BCUT2D eigenvalue weighted by molar-refractivity contribution is -0.130. The van der Waals surface area contributed by atoms with E-state index in [1.807, 2.05) is 91.0 Å². The summed E-state index contributed by atoms with van der Waals surface area (Å²) in [4.78, 5) is 24.8. The summed E-state index contributed by atoms with van der Waals surface area (Å²) >= 11 is 0. The Bertz CT molecular complexity index is 875. The van der Waals surface area contributed by atoms with Gasteiger partial charge in [0.15, 0.2) is 0 Å². The van der Waals surface area contributed by atoms with E-state index in [-0.39, 0.29) is 12.5 Å². The summed E-state index contributed by atoms with van der Waals surface area (Å²) in [5, 5.41) is 2.76. The van der Waals surface area contributed by atoms with E-state index in [0.29, 0.717) is 6.61 Å². The van der Waals surface area contributed by atoms with E-state index in [0.717, 1.165) is 16.7 Å². The van der Waals surface area contributed by atoms with Gasteiger partial charge in [0.1, 0.15) is 12.6 Å². The SMILES string of the molecule is NC(=O)[C@@H](NC(=O)COCc1ccccc1)C(c1ccccc1)c1ccccc1. The lowest BCUT2D eigenvalue weighted by Crippen LogP contribution is -2.49. The maximum atomic E-state index is 12.5. The van der Waals surface area contributed by atoms with E-state index in [1.165, 1.54) is 0 Å². The number of benzene rings is 3. The molecule has 3 rings (SSSR count). The molecule has 0 saturated carbocycles. The van der Waals surface area contributed by atoms with Gasteiger partial charge in [0.05, 0.1) is 6.61 Å². The van der Waals surface area contributed by atoms with Crippen LogP contribution in [0.1, 0.15) is 22.6 Å². The Morgan fingerprint density at radius 1 is 0.793 bits per heavy atom. The molecular formula is C24H24N2O3. The molecule has 3 aromatic rings. The van der Waals surface area contributed by atoms with Crippen molar-refractivity contribution >= 4 is 11.8 Å². The van der Waals surface area contributed by atoms with Crippen molar-refractivity contribution in [3.05, 3.63) is 108 Å². The second kappa shape index (κ2) is 10.2. The van der Waals surface area contributed by atoms with Crippen LogP contribution in [0.2, 0.25) is 0 Å². The monoisotopic (exact) mass is 388 g/mol. The van der Waals surface area contributed by atoms with Gasteiger partial charge in [-0.05, 0) is 16.7 Å². The minimum absolute atomic E-state index is 0.158. The van der Waals surface area contributed by atoms with Crippen LogP contribution in [0, 0.1) is 0 Å². The Morgan fingerprint density at radius 2 is 1.28 bits per heavy atom. The molecule has 3 N–H and O–H groups in total. The zero-order valence-corrected chi connectivity index (χ0v) is 16.0. The molecule has 0 aliphatic carbocycles. The fourth-order valence-electron chi connectivity index (χ4n) is 3.27. The van der Waals surface area contributed by atoms with Crippen LogP contribution >= 0.6 is 0 Å². The number of primary amides is 1. The van der Waals surface area contributed by atoms with Gasteiger partial charge in [-0.2, -0.15) is 0 Å². The largest absolute Gasteiger partial charge is 0.368 e. The number of ether oxygens (including phenoxy) is 1. The number of carbonyl (C=O) groups is 2. The van der Waals surface area contributed by atoms with E-state index < -0.39 is 17.9 Å². The first kappa shape index (κ1) is 20.3. The van der Waals surface area contributed by atoms with E-state index in [9.17, 15) is 9.59 Å². The molecule has 0 heterocycles. The van der Waals surface area contributed by atoms with Gasteiger partial charge in [-0.25, -0.2) is 0 Å². The summed E-state index contributed by atoms with van der Waals surface area (Å²) in [6.07, 6.45) is 0. The average Bonchev–Trinajstić information content (AvgIpc) is 2.75. The summed E-state index contributed by atoms with van der Waals surface area (Å²) in [5.74, 6) is -1.38. The summed E-state index contributed by atoms with van der Waals surface area (Å²) in [7, 11) is 0. The quantitative estimate of drug-likeness (QED) is 0.591.